The number of oxazole rings is 2. The number of hydrogen-bond acceptors (Lipinski definition) is 5. The van der Waals surface area contributed by atoms with Gasteiger partial charge in [-0.25, -0.2) is 9.97 Å². The summed E-state index contributed by atoms with van der Waals surface area (Å²) in [6, 6.07) is 69.7. The maximum atomic E-state index is 6.30. The fourth-order valence-electron chi connectivity index (χ4n) is 9.67. The molecule has 1 aliphatic carbocycles. The molecule has 0 radical (unpaired) electrons. The summed E-state index contributed by atoms with van der Waals surface area (Å²) < 4.78 is 12.6. The SMILES string of the molecule is c1ccc2c(c1)Sc1ccccc1C21c2ccccc2-c2ccc(-c3ccc4ccc(-c5cc(-c6nc7ccccc7o6)cc(-c6nc7ccccc7o6)c5)cc4c3)cc21. The van der Waals surface area contributed by atoms with Crippen molar-refractivity contribution in [2.45, 2.75) is 15.2 Å². The van der Waals surface area contributed by atoms with Gasteiger partial charge in [0.25, 0.3) is 0 Å². The van der Waals surface area contributed by atoms with E-state index >= 15 is 0 Å². The molecular weight excluding hydrogens is 753 g/mol. The molecule has 0 amide bonds. The molecule has 2 aromatic heterocycles. The van der Waals surface area contributed by atoms with E-state index in [1.807, 2.05) is 60.3 Å². The molecule has 60 heavy (non-hydrogen) atoms. The summed E-state index contributed by atoms with van der Waals surface area (Å²) in [5.41, 5.74) is 16.8. The van der Waals surface area contributed by atoms with Crippen LogP contribution in [0.15, 0.2) is 213 Å². The minimum absolute atomic E-state index is 0.420. The number of rotatable bonds is 4. The Morgan fingerprint density at radius 3 is 1.47 bits per heavy atom. The van der Waals surface area contributed by atoms with Crippen LogP contribution in [-0.2, 0) is 5.41 Å². The molecule has 0 atom stereocenters. The first-order valence-electron chi connectivity index (χ1n) is 20.2. The van der Waals surface area contributed by atoms with Crippen LogP contribution in [0.5, 0.6) is 0 Å². The van der Waals surface area contributed by atoms with Gasteiger partial charge >= 0.3 is 0 Å². The molecule has 0 saturated carbocycles. The highest BCUT2D eigenvalue weighted by atomic mass is 32.2. The van der Waals surface area contributed by atoms with Gasteiger partial charge in [-0.05, 0) is 139 Å². The third-order valence-corrected chi connectivity index (χ3v) is 13.5. The van der Waals surface area contributed by atoms with E-state index in [4.69, 9.17) is 18.8 Å². The number of benzene rings is 9. The average molecular weight is 785 g/mol. The molecule has 9 aromatic carbocycles. The molecular formula is C55H32N2O2S. The Morgan fingerprint density at radius 1 is 0.350 bits per heavy atom. The van der Waals surface area contributed by atoms with Gasteiger partial charge in [0.1, 0.15) is 11.0 Å². The quantitative estimate of drug-likeness (QED) is 0.178. The highest BCUT2D eigenvalue weighted by Crippen LogP contribution is 2.62. The first kappa shape index (κ1) is 33.5. The van der Waals surface area contributed by atoms with E-state index in [1.165, 1.54) is 59.7 Å². The van der Waals surface area contributed by atoms with Crippen molar-refractivity contribution >= 4 is 44.7 Å². The van der Waals surface area contributed by atoms with E-state index in [1.54, 1.807) is 0 Å². The van der Waals surface area contributed by atoms with Gasteiger partial charge in [0, 0.05) is 20.9 Å². The van der Waals surface area contributed by atoms with Crippen LogP contribution in [0.4, 0.5) is 0 Å². The van der Waals surface area contributed by atoms with Gasteiger partial charge < -0.3 is 8.83 Å². The summed E-state index contributed by atoms with van der Waals surface area (Å²) in [6.45, 7) is 0. The van der Waals surface area contributed by atoms with Crippen LogP contribution in [0.2, 0.25) is 0 Å². The molecule has 0 bridgehead atoms. The van der Waals surface area contributed by atoms with Crippen molar-refractivity contribution < 1.29 is 8.83 Å². The van der Waals surface area contributed by atoms with Gasteiger partial charge in [0.2, 0.25) is 11.8 Å². The van der Waals surface area contributed by atoms with E-state index in [0.717, 1.165) is 49.8 Å². The molecule has 2 aliphatic rings. The lowest BCUT2D eigenvalue weighted by Crippen LogP contribution is -2.31. The second-order valence-corrected chi connectivity index (χ2v) is 16.8. The highest BCUT2D eigenvalue weighted by molar-refractivity contribution is 7.99. The molecule has 3 heterocycles. The Kier molecular flexibility index (Phi) is 7.13. The number of fused-ring (bicyclic) bond motifs is 12. The molecule has 0 fully saturated rings. The van der Waals surface area contributed by atoms with Crippen LogP contribution in [-0.4, -0.2) is 9.97 Å². The molecule has 1 spiro atoms. The Labute approximate surface area is 349 Å². The Bertz CT molecular complexity index is 3360. The molecule has 280 valence electrons. The third-order valence-electron chi connectivity index (χ3n) is 12.4. The fraction of sp³-hybridized carbons (Fsp3) is 0.0182. The molecule has 5 heteroatoms. The van der Waals surface area contributed by atoms with Crippen molar-refractivity contribution in [1.82, 2.24) is 9.97 Å². The first-order chi connectivity index (χ1) is 29.7. The summed E-state index contributed by atoms with van der Waals surface area (Å²) in [4.78, 5) is 12.3. The second-order valence-electron chi connectivity index (χ2n) is 15.7. The zero-order chi connectivity index (χ0) is 39.4. The van der Waals surface area contributed by atoms with E-state index < -0.39 is 5.41 Å². The van der Waals surface area contributed by atoms with E-state index in [0.29, 0.717) is 11.8 Å². The Hall–Kier alpha value is -7.47. The van der Waals surface area contributed by atoms with Gasteiger partial charge in [0.05, 0.1) is 5.41 Å². The number of hydrogen-bond donors (Lipinski definition) is 0. The molecule has 11 aromatic rings. The molecule has 0 saturated heterocycles. The predicted molar refractivity (Wildman–Crippen MR) is 242 cm³/mol. The fourth-order valence-corrected chi connectivity index (χ4v) is 10.9. The zero-order valence-electron chi connectivity index (χ0n) is 32.1. The van der Waals surface area contributed by atoms with Gasteiger partial charge in [0.15, 0.2) is 11.2 Å². The minimum Gasteiger partial charge on any atom is -0.436 e. The highest BCUT2D eigenvalue weighted by Gasteiger charge is 2.50. The maximum Gasteiger partial charge on any atom is 0.227 e. The molecule has 0 unspecified atom stereocenters. The van der Waals surface area contributed by atoms with Gasteiger partial charge in [-0.15, -0.1) is 0 Å². The molecule has 1 aliphatic heterocycles. The van der Waals surface area contributed by atoms with Gasteiger partial charge in [-0.3, -0.25) is 0 Å². The maximum absolute atomic E-state index is 6.30. The van der Waals surface area contributed by atoms with Crippen LogP contribution < -0.4 is 0 Å². The summed E-state index contributed by atoms with van der Waals surface area (Å²) in [7, 11) is 0. The Morgan fingerprint density at radius 2 is 0.833 bits per heavy atom. The van der Waals surface area contributed by atoms with Crippen molar-refractivity contribution in [2.75, 3.05) is 0 Å². The van der Waals surface area contributed by atoms with Crippen LogP contribution >= 0.6 is 11.8 Å². The van der Waals surface area contributed by atoms with Crippen molar-refractivity contribution in [1.29, 1.82) is 0 Å². The zero-order valence-corrected chi connectivity index (χ0v) is 32.9. The van der Waals surface area contributed by atoms with Gasteiger partial charge in [-0.1, -0.05) is 133 Å². The van der Waals surface area contributed by atoms with Crippen LogP contribution in [0.3, 0.4) is 0 Å². The van der Waals surface area contributed by atoms with Crippen LogP contribution in [0, 0.1) is 0 Å². The first-order valence-corrected chi connectivity index (χ1v) is 21.0. The standard InChI is InChI=1S/C55H32N2O2S/c1-2-12-43-41(11-1)42-26-25-36(32-46(42)55(43)44-13-3-9-19-51(44)60-52-20-10-4-14-45(52)55)34-23-21-33-22-24-35(28-37(33)27-34)38-29-39(53-56-47-15-5-7-17-49(47)58-53)31-40(30-38)54-57-48-16-6-8-18-50(48)59-54/h1-32H. The van der Waals surface area contributed by atoms with E-state index in [2.05, 4.69) is 146 Å². The summed E-state index contributed by atoms with van der Waals surface area (Å²) in [6.07, 6.45) is 0. The third kappa shape index (κ3) is 4.93. The molecule has 13 rings (SSSR count). The van der Waals surface area contributed by atoms with Crippen molar-refractivity contribution in [3.63, 3.8) is 0 Å². The lowest BCUT2D eigenvalue weighted by molar-refractivity contribution is 0.617. The molecule has 0 N–H and O–H groups in total. The topological polar surface area (TPSA) is 52.1 Å². The van der Waals surface area contributed by atoms with Crippen LogP contribution in [0.25, 0.3) is 89.3 Å². The van der Waals surface area contributed by atoms with Gasteiger partial charge in [-0.2, -0.15) is 0 Å². The molecule has 4 nitrogen and oxygen atoms in total. The number of para-hydroxylation sites is 4. The summed E-state index contributed by atoms with van der Waals surface area (Å²) in [5.74, 6) is 1.11. The largest absolute Gasteiger partial charge is 0.436 e. The lowest BCUT2D eigenvalue weighted by atomic mass is 9.67. The smallest absolute Gasteiger partial charge is 0.227 e. The monoisotopic (exact) mass is 784 g/mol. The summed E-state index contributed by atoms with van der Waals surface area (Å²) in [5, 5.41) is 2.33. The van der Waals surface area contributed by atoms with Crippen molar-refractivity contribution in [2.24, 2.45) is 0 Å². The normalized spacial score (nSPS) is 13.4. The second kappa shape index (κ2) is 12.8. The lowest BCUT2D eigenvalue weighted by Gasteiger charge is -2.39. The number of nitrogens with zero attached hydrogens (tertiary/aromatic N) is 2. The van der Waals surface area contributed by atoms with Crippen molar-refractivity contribution in [3.8, 4) is 56.3 Å². The van der Waals surface area contributed by atoms with Crippen LogP contribution in [0.1, 0.15) is 22.3 Å². The summed E-state index contributed by atoms with van der Waals surface area (Å²) >= 11 is 1.88. The predicted octanol–water partition coefficient (Wildman–Crippen LogP) is 14.6. The minimum atomic E-state index is -0.420. The van der Waals surface area contributed by atoms with E-state index in [9.17, 15) is 0 Å². The van der Waals surface area contributed by atoms with Crippen molar-refractivity contribution in [3.05, 3.63) is 216 Å². The Balaban J connectivity index is 0.964. The van der Waals surface area contributed by atoms with E-state index in [-0.39, 0.29) is 0 Å². The average Bonchev–Trinajstić information content (AvgIpc) is 4.02. The number of aromatic nitrogens is 2.